The molecule has 122 valence electrons. The van der Waals surface area contributed by atoms with E-state index in [2.05, 4.69) is 10.3 Å². The van der Waals surface area contributed by atoms with Crippen LogP contribution in [0.3, 0.4) is 0 Å². The number of amides is 2. The van der Waals surface area contributed by atoms with E-state index in [1.807, 2.05) is 43.3 Å². The van der Waals surface area contributed by atoms with Crippen LogP contribution < -0.4 is 10.1 Å². The number of ether oxygens (including phenoxy) is 1. The Kier molecular flexibility index (Phi) is 4.42. The summed E-state index contributed by atoms with van der Waals surface area (Å²) in [4.78, 5) is 27.9. The van der Waals surface area contributed by atoms with E-state index in [0.29, 0.717) is 11.5 Å². The summed E-state index contributed by atoms with van der Waals surface area (Å²) in [7, 11) is 1.59. The van der Waals surface area contributed by atoms with Gasteiger partial charge in [0.15, 0.2) is 0 Å². The molecule has 0 spiro atoms. The van der Waals surface area contributed by atoms with Crippen LogP contribution in [0.15, 0.2) is 64.8 Å². The summed E-state index contributed by atoms with van der Waals surface area (Å²) in [6.07, 6.45) is 7.29. The van der Waals surface area contributed by atoms with Crippen LogP contribution in [0.5, 0.6) is 5.75 Å². The highest BCUT2D eigenvalue weighted by Gasteiger charge is 2.23. The van der Waals surface area contributed by atoms with Gasteiger partial charge >= 0.3 is 0 Å². The Morgan fingerprint density at radius 2 is 2.17 bits per heavy atom. The van der Waals surface area contributed by atoms with Crippen molar-refractivity contribution in [3.63, 3.8) is 0 Å². The minimum Gasteiger partial charge on any atom is -0.497 e. The fourth-order valence-corrected chi connectivity index (χ4v) is 2.79. The number of fused-ring (bicyclic) bond motifs is 1. The lowest BCUT2D eigenvalue weighted by molar-refractivity contribution is -0.117. The lowest BCUT2D eigenvalue weighted by Gasteiger charge is -2.25. The Morgan fingerprint density at radius 3 is 2.96 bits per heavy atom. The number of aliphatic imine (C=N–C) groups is 1. The number of nitrogens with one attached hydrogen (secondary N) is 1. The molecular formula is C19H18N2O3. The molecule has 0 fully saturated rings. The van der Waals surface area contributed by atoms with E-state index < -0.39 is 0 Å². The third-order valence-corrected chi connectivity index (χ3v) is 3.96. The normalized spacial score (nSPS) is 20.8. The van der Waals surface area contributed by atoms with Crippen molar-refractivity contribution in [2.75, 3.05) is 7.11 Å². The molecule has 1 N–H and O–H groups in total. The molecule has 1 aromatic rings. The van der Waals surface area contributed by atoms with Crippen molar-refractivity contribution in [1.82, 2.24) is 5.32 Å². The first kappa shape index (κ1) is 15.9. The highest BCUT2D eigenvalue weighted by atomic mass is 16.5. The van der Waals surface area contributed by atoms with Crippen molar-refractivity contribution in [2.45, 2.75) is 13.3 Å². The highest BCUT2D eigenvalue weighted by Crippen LogP contribution is 2.26. The van der Waals surface area contributed by atoms with E-state index in [-0.39, 0.29) is 24.2 Å². The first-order chi connectivity index (χ1) is 11.5. The van der Waals surface area contributed by atoms with Crippen molar-refractivity contribution in [1.29, 1.82) is 0 Å². The molecule has 2 aliphatic rings. The van der Waals surface area contributed by atoms with Gasteiger partial charge < -0.3 is 10.1 Å². The van der Waals surface area contributed by atoms with Gasteiger partial charge in [0.25, 0.3) is 5.91 Å². The van der Waals surface area contributed by atoms with E-state index in [0.717, 1.165) is 16.8 Å². The summed E-state index contributed by atoms with van der Waals surface area (Å²) in [6, 6.07) is 7.35. The Morgan fingerprint density at radius 1 is 1.33 bits per heavy atom. The maximum atomic E-state index is 12.2. The van der Waals surface area contributed by atoms with Crippen LogP contribution in [-0.2, 0) is 16.0 Å². The van der Waals surface area contributed by atoms with E-state index in [1.165, 1.54) is 0 Å². The summed E-state index contributed by atoms with van der Waals surface area (Å²) in [5.74, 6) is 0.373. The van der Waals surface area contributed by atoms with Crippen molar-refractivity contribution >= 4 is 17.5 Å². The number of methoxy groups -OCH3 is 1. The third kappa shape index (κ3) is 3.51. The Hall–Kier alpha value is -2.95. The zero-order chi connectivity index (χ0) is 17.1. The Labute approximate surface area is 140 Å². The van der Waals surface area contributed by atoms with Crippen LogP contribution in [0.2, 0.25) is 0 Å². The molecule has 0 bridgehead atoms. The van der Waals surface area contributed by atoms with Gasteiger partial charge in [-0.2, -0.15) is 0 Å². The van der Waals surface area contributed by atoms with E-state index in [1.54, 1.807) is 19.3 Å². The average Bonchev–Trinajstić information content (AvgIpc) is 2.54. The van der Waals surface area contributed by atoms with Gasteiger partial charge in [-0.3, -0.25) is 9.59 Å². The SMILES string of the molecule is COc1cccc(CC(=O)N=C2C=CC3C(C)=CC(=O)NC3=C2)c1. The van der Waals surface area contributed by atoms with Gasteiger partial charge in [0, 0.05) is 17.7 Å². The Bertz CT molecular complexity index is 816. The summed E-state index contributed by atoms with van der Waals surface area (Å²) < 4.78 is 5.15. The lowest BCUT2D eigenvalue weighted by Crippen LogP contribution is -2.32. The molecule has 1 atom stereocenters. The number of benzene rings is 1. The molecule has 24 heavy (non-hydrogen) atoms. The highest BCUT2D eigenvalue weighted by molar-refractivity contribution is 6.11. The van der Waals surface area contributed by atoms with Crippen LogP contribution >= 0.6 is 0 Å². The minimum absolute atomic E-state index is 0.0511. The quantitative estimate of drug-likeness (QED) is 0.929. The molecule has 1 unspecified atom stereocenters. The largest absolute Gasteiger partial charge is 0.497 e. The predicted octanol–water partition coefficient (Wildman–Crippen LogP) is 2.35. The predicted molar refractivity (Wildman–Crippen MR) is 91.8 cm³/mol. The minimum atomic E-state index is -0.243. The zero-order valence-electron chi connectivity index (χ0n) is 13.6. The molecule has 1 heterocycles. The Balaban J connectivity index is 1.75. The molecule has 1 aromatic carbocycles. The fraction of sp³-hybridized carbons (Fsp3) is 0.211. The van der Waals surface area contributed by atoms with Crippen molar-refractivity contribution < 1.29 is 14.3 Å². The summed E-state index contributed by atoms with van der Waals surface area (Å²) >= 11 is 0. The van der Waals surface area contributed by atoms with Gasteiger partial charge in [-0.05, 0) is 36.8 Å². The number of hydrogen-bond acceptors (Lipinski definition) is 3. The van der Waals surface area contributed by atoms with Gasteiger partial charge in [-0.25, -0.2) is 4.99 Å². The molecule has 3 rings (SSSR count). The second kappa shape index (κ2) is 6.66. The molecule has 1 aliphatic carbocycles. The molecule has 5 nitrogen and oxygen atoms in total. The van der Waals surface area contributed by atoms with Gasteiger partial charge in [0.05, 0.1) is 19.2 Å². The number of carbonyl (C=O) groups excluding carboxylic acids is 2. The second-order valence-corrected chi connectivity index (χ2v) is 5.77. The average molecular weight is 322 g/mol. The van der Waals surface area contributed by atoms with Crippen molar-refractivity contribution in [3.05, 3.63) is 65.4 Å². The van der Waals surface area contributed by atoms with Crippen LogP contribution in [0.1, 0.15) is 12.5 Å². The summed E-state index contributed by atoms with van der Waals surface area (Å²) in [5, 5.41) is 2.80. The van der Waals surface area contributed by atoms with Gasteiger partial charge in [-0.1, -0.05) is 23.8 Å². The standard InChI is InChI=1S/C19H18N2O3/c1-12-8-18(22)21-17-11-14(6-7-16(12)17)20-19(23)10-13-4-3-5-15(9-13)24-2/h3-9,11,16H,10H2,1-2H3,(H,21,22). The molecule has 0 aromatic heterocycles. The number of nitrogens with zero attached hydrogens (tertiary/aromatic N) is 1. The van der Waals surface area contributed by atoms with Gasteiger partial charge in [0.2, 0.25) is 5.91 Å². The van der Waals surface area contributed by atoms with Crippen molar-refractivity contribution in [3.8, 4) is 5.75 Å². The first-order valence-electron chi connectivity index (χ1n) is 7.68. The maximum absolute atomic E-state index is 12.2. The zero-order valence-corrected chi connectivity index (χ0v) is 13.6. The van der Waals surface area contributed by atoms with Gasteiger partial charge in [0.1, 0.15) is 5.75 Å². The molecule has 0 saturated carbocycles. The molecule has 2 amide bonds. The van der Waals surface area contributed by atoms with E-state index >= 15 is 0 Å². The molecule has 0 radical (unpaired) electrons. The van der Waals surface area contributed by atoms with Crippen molar-refractivity contribution in [2.24, 2.45) is 10.9 Å². The summed E-state index contributed by atoms with van der Waals surface area (Å²) in [5.41, 5.74) is 3.13. The first-order valence-corrected chi connectivity index (χ1v) is 7.68. The molecule has 5 heteroatoms. The summed E-state index contributed by atoms with van der Waals surface area (Å²) in [6.45, 7) is 1.91. The van der Waals surface area contributed by atoms with Gasteiger partial charge in [-0.15, -0.1) is 0 Å². The number of hydrogen-bond donors (Lipinski definition) is 1. The van der Waals surface area contributed by atoms with E-state index in [4.69, 9.17) is 4.74 Å². The van der Waals surface area contributed by atoms with Crippen LogP contribution in [0.4, 0.5) is 0 Å². The number of rotatable bonds is 3. The second-order valence-electron chi connectivity index (χ2n) is 5.77. The maximum Gasteiger partial charge on any atom is 0.250 e. The number of allylic oxidation sites excluding steroid dienone is 3. The monoisotopic (exact) mass is 322 g/mol. The molecule has 0 saturated heterocycles. The fourth-order valence-electron chi connectivity index (χ4n) is 2.79. The van der Waals surface area contributed by atoms with Crippen LogP contribution in [0, 0.1) is 5.92 Å². The number of carbonyl (C=O) groups is 2. The van der Waals surface area contributed by atoms with Crippen LogP contribution in [0.25, 0.3) is 0 Å². The third-order valence-electron chi connectivity index (χ3n) is 3.96. The molecule has 1 aliphatic heterocycles. The lowest BCUT2D eigenvalue weighted by atomic mass is 9.89. The molecular weight excluding hydrogens is 304 g/mol. The topological polar surface area (TPSA) is 67.8 Å². The van der Waals surface area contributed by atoms with E-state index in [9.17, 15) is 9.59 Å². The smallest absolute Gasteiger partial charge is 0.250 e. The van der Waals surface area contributed by atoms with Crippen LogP contribution in [-0.4, -0.2) is 24.6 Å².